The van der Waals surface area contributed by atoms with Crippen molar-refractivity contribution in [1.82, 2.24) is 9.97 Å². The molecule has 0 atom stereocenters. The molecule has 1 heterocycles. The molecule has 0 aliphatic heterocycles. The number of alkyl halides is 3. The van der Waals surface area contributed by atoms with Crippen molar-refractivity contribution in [1.29, 1.82) is 5.26 Å². The zero-order valence-corrected chi connectivity index (χ0v) is 15.2. The first kappa shape index (κ1) is 21.8. The Kier molecular flexibility index (Phi) is 6.82. The third kappa shape index (κ3) is 6.89. The molecule has 1 rings (SSSR count). The second-order valence-corrected chi connectivity index (χ2v) is 6.29. The fourth-order valence-electron chi connectivity index (χ4n) is 1.77. The van der Waals surface area contributed by atoms with Gasteiger partial charge in [0.15, 0.2) is 11.5 Å². The molecule has 144 valence electrons. The third-order valence-electron chi connectivity index (χ3n) is 2.73. The summed E-state index contributed by atoms with van der Waals surface area (Å²) in [6.07, 6.45) is -2.75. The van der Waals surface area contributed by atoms with Crippen LogP contribution >= 0.6 is 0 Å². The van der Waals surface area contributed by atoms with E-state index in [2.05, 4.69) is 21.7 Å². The number of ether oxygens (including phenoxy) is 1. The Morgan fingerprint density at radius 3 is 2.52 bits per heavy atom. The standard InChI is InChI=1S/C17H18F3N5O2/c1-10(7-21)6-11(8-22-5)14-23-9-12(13(25-14)17(18,19)20)24-15(26)27-16(2,3)4/h6,8-9H,5H2,1-4H3,(H,24,26)/b10-6+,11-8+. The van der Waals surface area contributed by atoms with Gasteiger partial charge in [-0.3, -0.25) is 10.3 Å². The molecule has 0 unspecified atom stereocenters. The predicted octanol–water partition coefficient (Wildman–Crippen LogP) is 4.35. The number of hydrogen-bond donors (Lipinski definition) is 1. The number of hydrogen-bond acceptors (Lipinski definition) is 6. The van der Waals surface area contributed by atoms with Crippen LogP contribution in [0.25, 0.3) is 5.57 Å². The van der Waals surface area contributed by atoms with Crippen molar-refractivity contribution in [2.45, 2.75) is 39.5 Å². The van der Waals surface area contributed by atoms with Gasteiger partial charge in [0, 0.05) is 17.3 Å². The number of amides is 1. The molecule has 10 heteroatoms. The number of allylic oxidation sites excluding steroid dienone is 3. The van der Waals surface area contributed by atoms with Crippen molar-refractivity contribution in [3.63, 3.8) is 0 Å². The van der Waals surface area contributed by atoms with Gasteiger partial charge in [0.25, 0.3) is 0 Å². The summed E-state index contributed by atoms with van der Waals surface area (Å²) in [6.45, 7) is 9.40. The Labute approximate surface area is 154 Å². The zero-order chi connectivity index (χ0) is 20.8. The number of carbonyl (C=O) groups is 1. The molecule has 0 bridgehead atoms. The maximum Gasteiger partial charge on any atom is 0.435 e. The lowest BCUT2D eigenvalue weighted by Gasteiger charge is -2.20. The molecule has 0 aromatic carbocycles. The van der Waals surface area contributed by atoms with Gasteiger partial charge in [-0.25, -0.2) is 14.8 Å². The molecule has 0 saturated carbocycles. The molecule has 0 aliphatic carbocycles. The van der Waals surface area contributed by atoms with Gasteiger partial charge in [-0.15, -0.1) is 0 Å². The van der Waals surface area contributed by atoms with E-state index in [1.54, 1.807) is 20.8 Å². The number of carbonyl (C=O) groups excluding carboxylic acids is 1. The Morgan fingerprint density at radius 1 is 1.41 bits per heavy atom. The van der Waals surface area contributed by atoms with Gasteiger partial charge in [-0.05, 0) is 40.5 Å². The monoisotopic (exact) mass is 381 g/mol. The molecular formula is C17H18F3N5O2. The molecule has 7 nitrogen and oxygen atoms in total. The summed E-state index contributed by atoms with van der Waals surface area (Å²) in [5.74, 6) is -0.334. The molecule has 0 saturated heterocycles. The fraction of sp³-hybridized carbons (Fsp3) is 0.353. The fourth-order valence-corrected chi connectivity index (χ4v) is 1.77. The van der Waals surface area contributed by atoms with Crippen molar-refractivity contribution in [3.8, 4) is 6.07 Å². The van der Waals surface area contributed by atoms with Crippen molar-refractivity contribution in [2.75, 3.05) is 5.32 Å². The number of nitrogens with one attached hydrogen (secondary N) is 1. The largest absolute Gasteiger partial charge is 0.444 e. The first-order chi connectivity index (χ1) is 12.4. The second kappa shape index (κ2) is 8.44. The third-order valence-corrected chi connectivity index (χ3v) is 2.73. The van der Waals surface area contributed by atoms with Crippen LogP contribution in [0.3, 0.4) is 0 Å². The van der Waals surface area contributed by atoms with Gasteiger partial charge in [0.2, 0.25) is 0 Å². The number of nitriles is 1. The molecule has 1 aromatic rings. The average Bonchev–Trinajstić information content (AvgIpc) is 2.51. The van der Waals surface area contributed by atoms with E-state index in [4.69, 9.17) is 10.00 Å². The maximum absolute atomic E-state index is 13.4. The highest BCUT2D eigenvalue weighted by atomic mass is 19.4. The van der Waals surface area contributed by atoms with E-state index >= 15 is 0 Å². The van der Waals surface area contributed by atoms with Crippen LogP contribution in [0.2, 0.25) is 0 Å². The Morgan fingerprint density at radius 2 is 2.04 bits per heavy atom. The summed E-state index contributed by atoms with van der Waals surface area (Å²) in [4.78, 5) is 22.6. The summed E-state index contributed by atoms with van der Waals surface area (Å²) in [5.41, 5.74) is -2.66. The van der Waals surface area contributed by atoms with E-state index in [9.17, 15) is 18.0 Å². The van der Waals surface area contributed by atoms with Gasteiger partial charge in [-0.1, -0.05) is 0 Å². The van der Waals surface area contributed by atoms with E-state index in [-0.39, 0.29) is 17.0 Å². The Balaban J connectivity index is 3.39. The van der Waals surface area contributed by atoms with Crippen LogP contribution in [0.5, 0.6) is 0 Å². The Bertz CT molecular complexity index is 830. The number of aliphatic imine (C=N–C) groups is 1. The number of nitrogens with zero attached hydrogens (tertiary/aromatic N) is 4. The van der Waals surface area contributed by atoms with E-state index in [1.165, 1.54) is 13.0 Å². The van der Waals surface area contributed by atoms with Gasteiger partial charge < -0.3 is 4.74 Å². The lowest BCUT2D eigenvalue weighted by molar-refractivity contribution is -0.140. The van der Waals surface area contributed by atoms with Crippen LogP contribution < -0.4 is 5.32 Å². The van der Waals surface area contributed by atoms with E-state index < -0.39 is 29.3 Å². The predicted molar refractivity (Wildman–Crippen MR) is 93.8 cm³/mol. The second-order valence-electron chi connectivity index (χ2n) is 6.29. The molecule has 0 fully saturated rings. The smallest absolute Gasteiger partial charge is 0.435 e. The Hall–Kier alpha value is -3.22. The quantitative estimate of drug-likeness (QED) is 0.475. The zero-order valence-electron chi connectivity index (χ0n) is 15.2. The van der Waals surface area contributed by atoms with Crippen LogP contribution in [0, 0.1) is 11.3 Å². The average molecular weight is 381 g/mol. The van der Waals surface area contributed by atoms with Gasteiger partial charge >= 0.3 is 12.3 Å². The highest BCUT2D eigenvalue weighted by Gasteiger charge is 2.37. The summed E-state index contributed by atoms with van der Waals surface area (Å²) in [6, 6.07) is 1.83. The first-order valence-electron chi connectivity index (χ1n) is 7.56. The maximum atomic E-state index is 13.4. The molecule has 0 aliphatic rings. The topological polar surface area (TPSA) is 100 Å². The van der Waals surface area contributed by atoms with E-state index in [0.717, 1.165) is 12.4 Å². The molecule has 27 heavy (non-hydrogen) atoms. The van der Waals surface area contributed by atoms with Crippen LogP contribution in [0.4, 0.5) is 23.7 Å². The lowest BCUT2D eigenvalue weighted by atomic mass is 10.1. The summed E-state index contributed by atoms with van der Waals surface area (Å²) in [5, 5.41) is 10.8. The summed E-state index contributed by atoms with van der Waals surface area (Å²) >= 11 is 0. The number of aromatic nitrogens is 2. The minimum atomic E-state index is -4.87. The van der Waals surface area contributed by atoms with Crippen LogP contribution in [-0.2, 0) is 10.9 Å². The van der Waals surface area contributed by atoms with Gasteiger partial charge in [0.1, 0.15) is 5.60 Å². The van der Waals surface area contributed by atoms with Gasteiger partial charge in [-0.2, -0.15) is 18.4 Å². The highest BCUT2D eigenvalue weighted by Crippen LogP contribution is 2.34. The van der Waals surface area contributed by atoms with Crippen molar-refractivity contribution in [3.05, 3.63) is 35.6 Å². The minimum absolute atomic E-state index is 0.0540. The molecular weight excluding hydrogens is 363 g/mol. The normalized spacial score (nSPS) is 13.0. The highest BCUT2D eigenvalue weighted by molar-refractivity contribution is 5.85. The van der Waals surface area contributed by atoms with Crippen LogP contribution in [-0.4, -0.2) is 28.4 Å². The lowest BCUT2D eigenvalue weighted by Crippen LogP contribution is -2.28. The van der Waals surface area contributed by atoms with Crippen molar-refractivity contribution in [2.24, 2.45) is 4.99 Å². The van der Waals surface area contributed by atoms with E-state index in [0.29, 0.717) is 0 Å². The SMILES string of the molecule is C=N/C=C(\C=C(/C)C#N)c1ncc(NC(=O)OC(C)(C)C)c(C(F)(F)F)n1. The summed E-state index contributed by atoms with van der Waals surface area (Å²) in [7, 11) is 0. The van der Waals surface area contributed by atoms with Crippen molar-refractivity contribution >= 4 is 24.1 Å². The number of halogens is 3. The molecule has 0 spiro atoms. The van der Waals surface area contributed by atoms with Crippen LogP contribution in [0.15, 0.2) is 29.0 Å². The molecule has 1 aromatic heterocycles. The molecule has 1 N–H and O–H groups in total. The van der Waals surface area contributed by atoms with Crippen molar-refractivity contribution < 1.29 is 22.7 Å². The minimum Gasteiger partial charge on any atom is -0.444 e. The van der Waals surface area contributed by atoms with Crippen LogP contribution in [0.1, 0.15) is 39.2 Å². The number of anilines is 1. The molecule has 0 radical (unpaired) electrons. The summed E-state index contributed by atoms with van der Waals surface area (Å²) < 4.78 is 45.1. The van der Waals surface area contributed by atoms with E-state index in [1.807, 2.05) is 11.4 Å². The molecule has 1 amide bonds. The number of rotatable bonds is 4. The van der Waals surface area contributed by atoms with Gasteiger partial charge in [0.05, 0.1) is 18.0 Å². The first-order valence-corrected chi connectivity index (χ1v) is 7.56.